The smallest absolute Gasteiger partial charge is 0.192 e. The summed E-state index contributed by atoms with van der Waals surface area (Å²) in [5.41, 5.74) is 0. The van der Waals surface area contributed by atoms with Gasteiger partial charge in [-0.2, -0.15) is 11.8 Å². The zero-order valence-electron chi connectivity index (χ0n) is 14.8. The second-order valence-electron chi connectivity index (χ2n) is 6.52. The van der Waals surface area contributed by atoms with Gasteiger partial charge in [0, 0.05) is 13.6 Å². The summed E-state index contributed by atoms with van der Waals surface area (Å²) >= 11 is 1.87. The van der Waals surface area contributed by atoms with E-state index in [1.54, 1.807) is 0 Å². The summed E-state index contributed by atoms with van der Waals surface area (Å²) in [6.07, 6.45) is 7.48. The number of nitrogens with one attached hydrogen (secondary N) is 2. The van der Waals surface area contributed by atoms with E-state index in [4.69, 9.17) is 9.73 Å². The number of guanidine groups is 1. The molecule has 2 saturated heterocycles. The van der Waals surface area contributed by atoms with E-state index in [9.17, 15) is 0 Å². The van der Waals surface area contributed by atoms with Crippen LogP contribution in [-0.4, -0.2) is 57.5 Å². The molecule has 2 fully saturated rings. The van der Waals surface area contributed by atoms with Crippen LogP contribution in [0.5, 0.6) is 0 Å². The number of thioether (sulfide) groups is 1. The molecule has 7 nitrogen and oxygen atoms in total. The van der Waals surface area contributed by atoms with Crippen molar-refractivity contribution in [3.05, 3.63) is 11.6 Å². The lowest BCUT2D eigenvalue weighted by Gasteiger charge is -2.23. The first-order valence-corrected chi connectivity index (χ1v) is 10.1. The third-order valence-corrected chi connectivity index (χ3v) is 5.50. The summed E-state index contributed by atoms with van der Waals surface area (Å²) in [4.78, 5) is 4.72. The van der Waals surface area contributed by atoms with Crippen LogP contribution in [0.4, 0.5) is 0 Å². The molecule has 134 valence electrons. The van der Waals surface area contributed by atoms with Crippen LogP contribution in [0.15, 0.2) is 4.99 Å². The van der Waals surface area contributed by atoms with Gasteiger partial charge in [-0.25, -0.2) is 4.99 Å². The van der Waals surface area contributed by atoms with Gasteiger partial charge in [-0.05, 0) is 44.6 Å². The quantitative estimate of drug-likeness (QED) is 0.437. The Balaban J connectivity index is 1.60. The summed E-state index contributed by atoms with van der Waals surface area (Å²) in [5.74, 6) is 3.80. The number of rotatable bonds is 7. The van der Waals surface area contributed by atoms with E-state index < -0.39 is 0 Å². The van der Waals surface area contributed by atoms with Crippen LogP contribution in [0.3, 0.4) is 0 Å². The van der Waals surface area contributed by atoms with Crippen molar-refractivity contribution in [2.45, 2.75) is 57.4 Å². The van der Waals surface area contributed by atoms with Gasteiger partial charge >= 0.3 is 0 Å². The highest BCUT2D eigenvalue weighted by molar-refractivity contribution is 7.98. The minimum absolute atomic E-state index is 0.338. The average molecular weight is 353 g/mol. The maximum absolute atomic E-state index is 5.94. The van der Waals surface area contributed by atoms with Crippen molar-refractivity contribution in [1.29, 1.82) is 0 Å². The highest BCUT2D eigenvalue weighted by Gasteiger charge is 2.41. The molecule has 0 amide bonds. The van der Waals surface area contributed by atoms with E-state index in [0.717, 1.165) is 49.2 Å². The zero-order valence-corrected chi connectivity index (χ0v) is 15.6. The third kappa shape index (κ3) is 4.22. The Labute approximate surface area is 148 Å². The van der Waals surface area contributed by atoms with E-state index in [2.05, 4.69) is 27.1 Å². The molecule has 8 heteroatoms. The molecule has 24 heavy (non-hydrogen) atoms. The van der Waals surface area contributed by atoms with Gasteiger partial charge in [0.05, 0.1) is 18.2 Å². The van der Waals surface area contributed by atoms with E-state index in [1.807, 2.05) is 30.3 Å². The number of aromatic nitrogens is 3. The fraction of sp³-hybridized carbons (Fsp3) is 0.812. The predicted molar refractivity (Wildman–Crippen MR) is 97.3 cm³/mol. The van der Waals surface area contributed by atoms with Gasteiger partial charge in [0.25, 0.3) is 0 Å². The van der Waals surface area contributed by atoms with Crippen LogP contribution in [0.2, 0.25) is 0 Å². The zero-order chi connectivity index (χ0) is 16.9. The largest absolute Gasteiger partial charge is 0.373 e. The van der Waals surface area contributed by atoms with Gasteiger partial charge in [-0.3, -0.25) is 0 Å². The molecule has 0 radical (unpaired) electrons. The van der Waals surface area contributed by atoms with Crippen molar-refractivity contribution >= 4 is 17.7 Å². The molecule has 0 aliphatic carbocycles. The molecular formula is C16H28N6OS. The number of aryl methyl sites for hydroxylation is 1. The second-order valence-corrected chi connectivity index (χ2v) is 7.51. The molecule has 0 spiro atoms. The molecule has 2 bridgehead atoms. The van der Waals surface area contributed by atoms with Gasteiger partial charge in [0.1, 0.15) is 12.4 Å². The first-order chi connectivity index (χ1) is 11.7. The second kappa shape index (κ2) is 8.20. The van der Waals surface area contributed by atoms with Gasteiger partial charge < -0.3 is 19.9 Å². The first kappa shape index (κ1) is 17.5. The average Bonchev–Trinajstić information content (AvgIpc) is 3.27. The van der Waals surface area contributed by atoms with Crippen molar-refractivity contribution < 1.29 is 4.74 Å². The SMILES string of the molecule is CSCCCNC(=NCc1nnc(C)n1C)NC1CC2CCC1O2. The fourth-order valence-corrected chi connectivity index (χ4v) is 3.71. The summed E-state index contributed by atoms with van der Waals surface area (Å²) in [6, 6.07) is 0.372. The van der Waals surface area contributed by atoms with E-state index in [0.29, 0.717) is 24.8 Å². The van der Waals surface area contributed by atoms with Gasteiger partial charge in [-0.15, -0.1) is 10.2 Å². The molecule has 2 N–H and O–H groups in total. The first-order valence-electron chi connectivity index (χ1n) is 8.71. The summed E-state index contributed by atoms with van der Waals surface area (Å²) in [7, 11) is 1.98. The molecule has 1 aromatic heterocycles. The summed E-state index contributed by atoms with van der Waals surface area (Å²) in [6.45, 7) is 3.40. The maximum Gasteiger partial charge on any atom is 0.192 e. The molecule has 0 aromatic carbocycles. The molecule has 0 saturated carbocycles. The van der Waals surface area contributed by atoms with Crippen LogP contribution in [0.1, 0.15) is 37.3 Å². The van der Waals surface area contributed by atoms with Crippen molar-refractivity contribution in [3.8, 4) is 0 Å². The third-order valence-electron chi connectivity index (χ3n) is 4.81. The maximum atomic E-state index is 5.94. The number of hydrogen-bond donors (Lipinski definition) is 2. The Bertz CT molecular complexity index is 575. The molecule has 3 heterocycles. The van der Waals surface area contributed by atoms with Crippen LogP contribution in [-0.2, 0) is 18.3 Å². The Morgan fingerprint density at radius 1 is 1.42 bits per heavy atom. The number of fused-ring (bicyclic) bond motifs is 2. The van der Waals surface area contributed by atoms with Crippen molar-refractivity contribution in [2.75, 3.05) is 18.6 Å². The lowest BCUT2D eigenvalue weighted by Crippen LogP contribution is -2.47. The van der Waals surface area contributed by atoms with Crippen LogP contribution < -0.4 is 10.6 Å². The molecule has 3 atom stereocenters. The predicted octanol–water partition coefficient (Wildman–Crippen LogP) is 1.23. The highest BCUT2D eigenvalue weighted by atomic mass is 32.2. The molecule has 3 unspecified atom stereocenters. The molecular weight excluding hydrogens is 324 g/mol. The van der Waals surface area contributed by atoms with Crippen LogP contribution in [0, 0.1) is 6.92 Å². The lowest BCUT2D eigenvalue weighted by molar-refractivity contribution is 0.0992. The lowest BCUT2D eigenvalue weighted by atomic mass is 9.96. The number of hydrogen-bond acceptors (Lipinski definition) is 5. The highest BCUT2D eigenvalue weighted by Crippen LogP contribution is 2.34. The standard InChI is InChI=1S/C16H28N6OS/c1-11-20-21-15(22(11)2)10-18-16(17-7-4-8-24-3)19-13-9-12-5-6-14(13)23-12/h12-14H,4-10H2,1-3H3,(H2,17,18,19). The van der Waals surface area contributed by atoms with Crippen LogP contribution >= 0.6 is 11.8 Å². The normalized spacial score (nSPS) is 26.1. The number of ether oxygens (including phenoxy) is 1. The molecule has 3 rings (SSSR count). The Hall–Kier alpha value is -1.28. The van der Waals surface area contributed by atoms with Gasteiger partial charge in [0.15, 0.2) is 11.8 Å². The minimum Gasteiger partial charge on any atom is -0.373 e. The number of aliphatic imine (C=N–C) groups is 1. The molecule has 2 aliphatic rings. The van der Waals surface area contributed by atoms with Crippen molar-refractivity contribution in [3.63, 3.8) is 0 Å². The topological polar surface area (TPSA) is 76.4 Å². The fourth-order valence-electron chi connectivity index (χ4n) is 3.28. The van der Waals surface area contributed by atoms with Gasteiger partial charge in [0.2, 0.25) is 0 Å². The monoisotopic (exact) mass is 352 g/mol. The minimum atomic E-state index is 0.338. The molecule has 1 aromatic rings. The summed E-state index contributed by atoms with van der Waals surface area (Å²) < 4.78 is 7.92. The van der Waals surface area contributed by atoms with E-state index in [-0.39, 0.29) is 0 Å². The number of nitrogens with zero attached hydrogens (tertiary/aromatic N) is 4. The van der Waals surface area contributed by atoms with Crippen LogP contribution in [0.25, 0.3) is 0 Å². The Morgan fingerprint density at radius 2 is 2.29 bits per heavy atom. The van der Waals surface area contributed by atoms with E-state index >= 15 is 0 Å². The Morgan fingerprint density at radius 3 is 2.92 bits per heavy atom. The van der Waals surface area contributed by atoms with Crippen molar-refractivity contribution in [1.82, 2.24) is 25.4 Å². The van der Waals surface area contributed by atoms with Gasteiger partial charge in [-0.1, -0.05) is 0 Å². The van der Waals surface area contributed by atoms with E-state index in [1.165, 1.54) is 6.42 Å². The summed E-state index contributed by atoms with van der Waals surface area (Å²) in [5, 5.41) is 15.3. The molecule has 2 aliphatic heterocycles. The Kier molecular flexibility index (Phi) is 5.99. The van der Waals surface area contributed by atoms with Crippen molar-refractivity contribution in [2.24, 2.45) is 12.0 Å².